The van der Waals surface area contributed by atoms with Gasteiger partial charge in [0.05, 0.1) is 0 Å². The van der Waals surface area contributed by atoms with Gasteiger partial charge < -0.3 is 4.90 Å². The Kier molecular flexibility index (Phi) is 5.44. The Labute approximate surface area is 116 Å². The van der Waals surface area contributed by atoms with E-state index in [1.165, 1.54) is 18.4 Å². The third-order valence-electron chi connectivity index (χ3n) is 4.12. The molecule has 1 heterocycles. The lowest BCUT2D eigenvalue weighted by molar-refractivity contribution is -0.132. The Morgan fingerprint density at radius 1 is 1.26 bits per heavy atom. The first-order chi connectivity index (χ1) is 9.31. The molecule has 1 amide bonds. The summed E-state index contributed by atoms with van der Waals surface area (Å²) in [6.07, 6.45) is 7.44. The van der Waals surface area contributed by atoms with E-state index >= 15 is 0 Å². The van der Waals surface area contributed by atoms with E-state index in [-0.39, 0.29) is 0 Å². The molecule has 1 atom stereocenters. The largest absolute Gasteiger partial charge is 0.340 e. The van der Waals surface area contributed by atoms with Gasteiger partial charge in [-0.15, -0.1) is 0 Å². The van der Waals surface area contributed by atoms with Crippen LogP contribution < -0.4 is 0 Å². The summed E-state index contributed by atoms with van der Waals surface area (Å²) in [6.45, 7) is 3.17. The second-order valence-corrected chi connectivity index (χ2v) is 5.48. The van der Waals surface area contributed by atoms with Gasteiger partial charge in [0, 0.05) is 19.0 Å². The van der Waals surface area contributed by atoms with Crippen molar-refractivity contribution in [2.24, 2.45) is 0 Å². The lowest BCUT2D eigenvalue weighted by Crippen LogP contribution is -2.34. The number of aryl methyl sites for hydroxylation is 1. The van der Waals surface area contributed by atoms with Crippen molar-refractivity contribution in [1.82, 2.24) is 4.90 Å². The van der Waals surface area contributed by atoms with Gasteiger partial charge in [-0.2, -0.15) is 0 Å². The molecule has 2 nitrogen and oxygen atoms in total. The molecule has 19 heavy (non-hydrogen) atoms. The molecule has 0 unspecified atom stereocenters. The highest BCUT2D eigenvalue weighted by atomic mass is 16.2. The summed E-state index contributed by atoms with van der Waals surface area (Å²) in [6, 6.07) is 11.0. The minimum Gasteiger partial charge on any atom is -0.340 e. The van der Waals surface area contributed by atoms with Gasteiger partial charge >= 0.3 is 0 Å². The zero-order valence-corrected chi connectivity index (χ0v) is 12.0. The zero-order valence-electron chi connectivity index (χ0n) is 12.0. The molecule has 1 aliphatic heterocycles. The van der Waals surface area contributed by atoms with Crippen LogP contribution in [0, 0.1) is 0 Å². The van der Waals surface area contributed by atoms with Crippen molar-refractivity contribution in [2.45, 2.75) is 57.9 Å². The normalized spacial score (nSPS) is 18.8. The van der Waals surface area contributed by atoms with E-state index in [9.17, 15) is 4.79 Å². The second-order valence-electron chi connectivity index (χ2n) is 5.48. The van der Waals surface area contributed by atoms with Crippen LogP contribution in [0.15, 0.2) is 30.3 Å². The molecular weight excluding hydrogens is 234 g/mol. The van der Waals surface area contributed by atoms with Gasteiger partial charge in [-0.3, -0.25) is 4.79 Å². The lowest BCUT2D eigenvalue weighted by Gasteiger charge is -2.23. The molecule has 1 fully saturated rings. The summed E-state index contributed by atoms with van der Waals surface area (Å²) in [4.78, 5) is 14.3. The Bertz CT molecular complexity index is 388. The van der Waals surface area contributed by atoms with E-state index in [1.54, 1.807) is 0 Å². The highest BCUT2D eigenvalue weighted by Crippen LogP contribution is 2.21. The van der Waals surface area contributed by atoms with Gasteiger partial charge in [-0.25, -0.2) is 0 Å². The van der Waals surface area contributed by atoms with Gasteiger partial charge in [-0.05, 0) is 44.1 Å². The summed E-state index contributed by atoms with van der Waals surface area (Å²) in [5.74, 6) is 0.373. The van der Waals surface area contributed by atoms with Gasteiger partial charge in [0.1, 0.15) is 0 Å². The fourth-order valence-electron chi connectivity index (χ4n) is 2.98. The van der Waals surface area contributed by atoms with Crippen molar-refractivity contribution < 1.29 is 4.79 Å². The number of hydrogen-bond acceptors (Lipinski definition) is 1. The van der Waals surface area contributed by atoms with E-state index in [1.807, 2.05) is 6.07 Å². The summed E-state index contributed by atoms with van der Waals surface area (Å²) in [5, 5.41) is 0. The number of benzene rings is 1. The molecule has 0 radical (unpaired) electrons. The van der Waals surface area contributed by atoms with E-state index in [2.05, 4.69) is 36.1 Å². The van der Waals surface area contributed by atoms with Gasteiger partial charge in [0.25, 0.3) is 0 Å². The van der Waals surface area contributed by atoms with E-state index in [4.69, 9.17) is 0 Å². The maximum atomic E-state index is 12.2. The summed E-state index contributed by atoms with van der Waals surface area (Å²) in [7, 11) is 0. The van der Waals surface area contributed by atoms with E-state index in [0.717, 1.165) is 38.6 Å². The molecule has 0 N–H and O–H groups in total. The predicted molar refractivity (Wildman–Crippen MR) is 79.0 cm³/mol. The fourth-order valence-corrected chi connectivity index (χ4v) is 2.98. The number of unbranched alkanes of at least 4 members (excludes halogenated alkanes) is 1. The number of carbonyl (C=O) groups is 1. The zero-order chi connectivity index (χ0) is 13.5. The highest BCUT2D eigenvalue weighted by molar-refractivity contribution is 5.76. The molecule has 1 aliphatic rings. The molecule has 1 aromatic rings. The molecule has 0 spiro atoms. The van der Waals surface area contributed by atoms with Crippen LogP contribution in [-0.4, -0.2) is 23.4 Å². The number of nitrogens with zero attached hydrogens (tertiary/aromatic N) is 1. The lowest BCUT2D eigenvalue weighted by atomic mass is 10.1. The van der Waals surface area contributed by atoms with Crippen LogP contribution in [0.5, 0.6) is 0 Å². The summed E-state index contributed by atoms with van der Waals surface area (Å²) in [5.41, 5.74) is 1.38. The average Bonchev–Trinajstić information content (AvgIpc) is 2.93. The first kappa shape index (κ1) is 14.1. The smallest absolute Gasteiger partial charge is 0.222 e. The fraction of sp³-hybridized carbons (Fsp3) is 0.588. The quantitative estimate of drug-likeness (QED) is 0.712. The van der Waals surface area contributed by atoms with Crippen molar-refractivity contribution in [2.75, 3.05) is 6.54 Å². The molecule has 0 aliphatic carbocycles. The van der Waals surface area contributed by atoms with Gasteiger partial charge in [-0.1, -0.05) is 37.3 Å². The first-order valence-electron chi connectivity index (χ1n) is 7.64. The molecule has 0 aromatic heterocycles. The first-order valence-corrected chi connectivity index (χ1v) is 7.64. The SMILES string of the molecule is CC[C@@H]1CCCN1C(=O)CCCCc1ccccc1. The minimum absolute atomic E-state index is 0.373. The van der Waals surface area contributed by atoms with Crippen LogP contribution >= 0.6 is 0 Å². The van der Waals surface area contributed by atoms with Crippen LogP contribution in [0.2, 0.25) is 0 Å². The van der Waals surface area contributed by atoms with Crippen molar-refractivity contribution >= 4 is 5.91 Å². The van der Waals surface area contributed by atoms with Gasteiger partial charge in [0.15, 0.2) is 0 Å². The molecule has 1 aromatic carbocycles. The standard InChI is InChI=1S/C17H25NO/c1-2-16-12-8-14-18(16)17(19)13-7-6-11-15-9-4-3-5-10-15/h3-5,9-10,16H,2,6-8,11-14H2,1H3/t16-/m1/s1. The van der Waals surface area contributed by atoms with E-state index < -0.39 is 0 Å². The summed E-state index contributed by atoms with van der Waals surface area (Å²) >= 11 is 0. The van der Waals surface area contributed by atoms with Crippen molar-refractivity contribution in [3.8, 4) is 0 Å². The number of hydrogen-bond donors (Lipinski definition) is 0. The molecular formula is C17H25NO. The average molecular weight is 259 g/mol. The molecule has 2 heteroatoms. The number of carbonyl (C=O) groups excluding carboxylic acids is 1. The molecule has 2 rings (SSSR count). The molecule has 0 bridgehead atoms. The third kappa shape index (κ3) is 4.09. The topological polar surface area (TPSA) is 20.3 Å². The van der Waals surface area contributed by atoms with Crippen molar-refractivity contribution in [1.29, 1.82) is 0 Å². The van der Waals surface area contributed by atoms with Gasteiger partial charge in [0.2, 0.25) is 5.91 Å². The summed E-state index contributed by atoms with van der Waals surface area (Å²) < 4.78 is 0. The number of likely N-dealkylation sites (tertiary alicyclic amines) is 1. The minimum atomic E-state index is 0.373. The van der Waals surface area contributed by atoms with Crippen LogP contribution in [-0.2, 0) is 11.2 Å². The Hall–Kier alpha value is -1.31. The second kappa shape index (κ2) is 7.32. The maximum absolute atomic E-state index is 12.2. The Morgan fingerprint density at radius 2 is 2.05 bits per heavy atom. The Morgan fingerprint density at radius 3 is 2.79 bits per heavy atom. The van der Waals surface area contributed by atoms with Crippen LogP contribution in [0.25, 0.3) is 0 Å². The van der Waals surface area contributed by atoms with Crippen molar-refractivity contribution in [3.63, 3.8) is 0 Å². The van der Waals surface area contributed by atoms with E-state index in [0.29, 0.717) is 11.9 Å². The van der Waals surface area contributed by atoms with Crippen molar-refractivity contribution in [3.05, 3.63) is 35.9 Å². The third-order valence-corrected chi connectivity index (χ3v) is 4.12. The van der Waals surface area contributed by atoms with Crippen LogP contribution in [0.4, 0.5) is 0 Å². The molecule has 1 saturated heterocycles. The molecule has 104 valence electrons. The molecule has 0 saturated carbocycles. The van der Waals surface area contributed by atoms with Crippen LogP contribution in [0.1, 0.15) is 51.0 Å². The Balaban J connectivity index is 1.67. The number of rotatable bonds is 6. The number of amides is 1. The predicted octanol–water partition coefficient (Wildman–Crippen LogP) is 3.80. The highest BCUT2D eigenvalue weighted by Gasteiger charge is 2.26. The monoisotopic (exact) mass is 259 g/mol. The van der Waals surface area contributed by atoms with Crippen LogP contribution in [0.3, 0.4) is 0 Å². The maximum Gasteiger partial charge on any atom is 0.222 e.